The molecule has 0 aromatic carbocycles. The zero-order valence-corrected chi connectivity index (χ0v) is 9.69. The van der Waals surface area contributed by atoms with Crippen LogP contribution < -0.4 is 0 Å². The van der Waals surface area contributed by atoms with Crippen molar-refractivity contribution in [2.45, 2.75) is 19.1 Å². The minimum Gasteiger partial charge on any atom is -0.464 e. The molecule has 1 aromatic rings. The van der Waals surface area contributed by atoms with Gasteiger partial charge in [0.2, 0.25) is 0 Å². The topological polar surface area (TPSA) is 79.7 Å². The third kappa shape index (κ3) is 3.36. The number of halogens is 2. The van der Waals surface area contributed by atoms with E-state index in [4.69, 9.17) is 11.6 Å². The van der Waals surface area contributed by atoms with Gasteiger partial charge in [-0.2, -0.15) is 0 Å². The minimum atomic E-state index is -1.87. The highest BCUT2D eigenvalue weighted by molar-refractivity contribution is 6.29. The molecular weight excluding hydrogens is 253 g/mol. The molecule has 2 N–H and O–H groups in total. The fourth-order valence-corrected chi connectivity index (χ4v) is 1.35. The van der Waals surface area contributed by atoms with Crippen molar-refractivity contribution in [3.8, 4) is 0 Å². The van der Waals surface area contributed by atoms with Gasteiger partial charge in [-0.1, -0.05) is 11.6 Å². The lowest BCUT2D eigenvalue weighted by Crippen LogP contribution is -2.30. The van der Waals surface area contributed by atoms with Crippen LogP contribution in [0.25, 0.3) is 0 Å². The predicted molar refractivity (Wildman–Crippen MR) is 56.8 cm³/mol. The zero-order chi connectivity index (χ0) is 13.0. The summed E-state index contributed by atoms with van der Waals surface area (Å²) in [7, 11) is 0. The number of rotatable bonds is 4. The molecule has 0 amide bonds. The number of aliphatic hydroxyl groups excluding tert-OH is 2. The third-order valence-corrected chi connectivity index (χ3v) is 2.20. The molecular formula is C10H11ClFNO4. The number of ether oxygens (including phenoxy) is 1. The summed E-state index contributed by atoms with van der Waals surface area (Å²) in [6.07, 6.45) is -2.84. The van der Waals surface area contributed by atoms with Gasteiger partial charge in [-0.3, -0.25) is 0 Å². The zero-order valence-electron chi connectivity index (χ0n) is 8.93. The Bertz CT molecular complexity index is 415. The second-order valence-corrected chi connectivity index (χ2v) is 3.56. The van der Waals surface area contributed by atoms with Gasteiger partial charge in [0.05, 0.1) is 12.8 Å². The molecule has 0 bridgehead atoms. The maximum Gasteiger partial charge on any atom is 0.338 e. The molecule has 0 fully saturated rings. The van der Waals surface area contributed by atoms with Crippen molar-refractivity contribution in [1.29, 1.82) is 0 Å². The first-order valence-corrected chi connectivity index (χ1v) is 5.18. The molecule has 0 aliphatic heterocycles. The predicted octanol–water partition coefficient (Wildman–Crippen LogP) is 0.831. The lowest BCUT2D eigenvalue weighted by molar-refractivity contribution is -0.159. The Morgan fingerprint density at radius 2 is 2.29 bits per heavy atom. The fourth-order valence-electron chi connectivity index (χ4n) is 1.18. The van der Waals surface area contributed by atoms with Gasteiger partial charge in [-0.25, -0.2) is 14.2 Å². The highest BCUT2D eigenvalue weighted by atomic mass is 35.5. The van der Waals surface area contributed by atoms with Gasteiger partial charge in [0.1, 0.15) is 17.1 Å². The highest BCUT2D eigenvalue weighted by Crippen LogP contribution is 2.22. The molecule has 1 heterocycles. The van der Waals surface area contributed by atoms with E-state index < -0.39 is 24.0 Å². The molecule has 7 heteroatoms. The van der Waals surface area contributed by atoms with Crippen molar-refractivity contribution in [2.24, 2.45) is 0 Å². The SMILES string of the molecule is CCOC(=O)C(O)C(O)c1cc(Cl)ncc1F. The Morgan fingerprint density at radius 3 is 2.88 bits per heavy atom. The van der Waals surface area contributed by atoms with E-state index in [-0.39, 0.29) is 17.3 Å². The van der Waals surface area contributed by atoms with E-state index >= 15 is 0 Å². The van der Waals surface area contributed by atoms with Gasteiger partial charge < -0.3 is 14.9 Å². The molecule has 0 aliphatic carbocycles. The van der Waals surface area contributed by atoms with Crippen molar-refractivity contribution in [2.75, 3.05) is 6.61 Å². The van der Waals surface area contributed by atoms with Crippen LogP contribution in [0.15, 0.2) is 12.3 Å². The summed E-state index contributed by atoms with van der Waals surface area (Å²) in [5.74, 6) is -1.91. The van der Waals surface area contributed by atoms with Crippen LogP contribution in [0.1, 0.15) is 18.6 Å². The average molecular weight is 264 g/mol. The third-order valence-electron chi connectivity index (χ3n) is 2.00. The number of aromatic nitrogens is 1. The van der Waals surface area contributed by atoms with Crippen LogP contribution in [0.5, 0.6) is 0 Å². The quantitative estimate of drug-likeness (QED) is 0.621. The molecule has 2 atom stereocenters. The second-order valence-electron chi connectivity index (χ2n) is 3.17. The maximum absolute atomic E-state index is 13.3. The number of nitrogens with zero attached hydrogens (tertiary/aromatic N) is 1. The standard InChI is InChI=1S/C10H11ClFNO4/c1-2-17-10(16)9(15)8(14)5-3-7(11)13-4-6(5)12/h3-4,8-9,14-15H,2H2,1H3. The largest absolute Gasteiger partial charge is 0.464 e. The van der Waals surface area contributed by atoms with Gasteiger partial charge in [0.25, 0.3) is 0 Å². The van der Waals surface area contributed by atoms with Crippen molar-refractivity contribution < 1.29 is 24.1 Å². The molecule has 1 aromatic heterocycles. The Morgan fingerprint density at radius 1 is 1.65 bits per heavy atom. The number of hydrogen-bond donors (Lipinski definition) is 2. The van der Waals surface area contributed by atoms with E-state index in [0.717, 1.165) is 12.3 Å². The van der Waals surface area contributed by atoms with Crippen LogP contribution in [0.3, 0.4) is 0 Å². The van der Waals surface area contributed by atoms with Crippen molar-refractivity contribution in [3.05, 3.63) is 28.8 Å². The summed E-state index contributed by atoms with van der Waals surface area (Å²) in [6.45, 7) is 1.59. The first-order valence-electron chi connectivity index (χ1n) is 4.81. The highest BCUT2D eigenvalue weighted by Gasteiger charge is 2.29. The summed E-state index contributed by atoms with van der Waals surface area (Å²) < 4.78 is 17.8. The summed E-state index contributed by atoms with van der Waals surface area (Å²) in [4.78, 5) is 14.6. The van der Waals surface area contributed by atoms with Crippen LogP contribution in [0, 0.1) is 5.82 Å². The molecule has 2 unspecified atom stereocenters. The molecule has 0 saturated carbocycles. The second kappa shape index (κ2) is 5.90. The summed E-state index contributed by atoms with van der Waals surface area (Å²) >= 11 is 5.52. The molecule has 94 valence electrons. The first-order chi connectivity index (χ1) is 7.97. The van der Waals surface area contributed by atoms with E-state index in [1.54, 1.807) is 6.92 Å². The number of carbonyl (C=O) groups is 1. The monoisotopic (exact) mass is 263 g/mol. The number of pyridine rings is 1. The first kappa shape index (κ1) is 13.8. The molecule has 0 aliphatic rings. The molecule has 17 heavy (non-hydrogen) atoms. The Balaban J connectivity index is 2.91. The van der Waals surface area contributed by atoms with Crippen LogP contribution >= 0.6 is 11.6 Å². The van der Waals surface area contributed by atoms with Gasteiger partial charge >= 0.3 is 5.97 Å². The van der Waals surface area contributed by atoms with Crippen molar-refractivity contribution in [3.63, 3.8) is 0 Å². The lowest BCUT2D eigenvalue weighted by atomic mass is 10.1. The summed E-state index contributed by atoms with van der Waals surface area (Å²) in [5.41, 5.74) is -0.314. The van der Waals surface area contributed by atoms with Crippen LogP contribution in [0.4, 0.5) is 4.39 Å². The number of aliphatic hydroxyl groups is 2. The minimum absolute atomic E-state index is 0.0438. The van der Waals surface area contributed by atoms with Crippen molar-refractivity contribution in [1.82, 2.24) is 4.98 Å². The molecule has 0 spiro atoms. The average Bonchev–Trinajstić information content (AvgIpc) is 2.30. The fraction of sp³-hybridized carbons (Fsp3) is 0.400. The summed E-state index contributed by atoms with van der Waals surface area (Å²) in [5, 5.41) is 19.0. The van der Waals surface area contributed by atoms with E-state index in [1.165, 1.54) is 0 Å². The number of hydrogen-bond acceptors (Lipinski definition) is 5. The van der Waals surface area contributed by atoms with Gasteiger partial charge in [0, 0.05) is 5.56 Å². The van der Waals surface area contributed by atoms with Gasteiger partial charge in [-0.05, 0) is 13.0 Å². The van der Waals surface area contributed by atoms with E-state index in [0.29, 0.717) is 0 Å². The van der Waals surface area contributed by atoms with E-state index in [9.17, 15) is 19.4 Å². The molecule has 5 nitrogen and oxygen atoms in total. The number of carbonyl (C=O) groups excluding carboxylic acids is 1. The van der Waals surface area contributed by atoms with Crippen LogP contribution in [-0.4, -0.2) is 33.9 Å². The van der Waals surface area contributed by atoms with Crippen molar-refractivity contribution >= 4 is 17.6 Å². The molecule has 0 saturated heterocycles. The Labute approximate surface area is 102 Å². The smallest absolute Gasteiger partial charge is 0.338 e. The maximum atomic E-state index is 13.3. The molecule has 0 radical (unpaired) electrons. The Kier molecular flexibility index (Phi) is 4.80. The van der Waals surface area contributed by atoms with Gasteiger partial charge in [0.15, 0.2) is 6.10 Å². The lowest BCUT2D eigenvalue weighted by Gasteiger charge is -2.17. The normalized spacial score (nSPS) is 14.2. The van der Waals surface area contributed by atoms with Gasteiger partial charge in [-0.15, -0.1) is 0 Å². The summed E-state index contributed by atoms with van der Waals surface area (Å²) in [6, 6.07) is 1.03. The van der Waals surface area contributed by atoms with E-state index in [1.807, 2.05) is 0 Å². The Hall–Kier alpha value is -1.24. The molecule has 1 rings (SSSR count). The van der Waals surface area contributed by atoms with Crippen LogP contribution in [-0.2, 0) is 9.53 Å². The number of esters is 1. The van der Waals surface area contributed by atoms with E-state index in [2.05, 4.69) is 9.72 Å². The van der Waals surface area contributed by atoms with Crippen LogP contribution in [0.2, 0.25) is 5.15 Å².